The third-order valence-electron chi connectivity index (χ3n) is 4.70. The van der Waals surface area contributed by atoms with Crippen molar-refractivity contribution < 1.29 is 9.84 Å². The Morgan fingerprint density at radius 3 is 2.42 bits per heavy atom. The van der Waals surface area contributed by atoms with Crippen molar-refractivity contribution in [1.82, 2.24) is 4.90 Å². The zero-order valence-corrected chi connectivity index (χ0v) is 12.8. The lowest BCUT2D eigenvalue weighted by molar-refractivity contribution is -0.0369. The maximum Gasteiger partial charge on any atom is 0.0900 e. The van der Waals surface area contributed by atoms with Crippen molar-refractivity contribution in [1.29, 1.82) is 0 Å². The summed E-state index contributed by atoms with van der Waals surface area (Å²) >= 11 is 0. The molecule has 1 aliphatic carbocycles. The van der Waals surface area contributed by atoms with E-state index in [9.17, 15) is 5.11 Å². The molecule has 112 valence electrons. The highest BCUT2D eigenvalue weighted by molar-refractivity contribution is 4.78. The van der Waals surface area contributed by atoms with E-state index >= 15 is 0 Å². The van der Waals surface area contributed by atoms with Crippen LogP contribution >= 0.6 is 0 Å². The summed E-state index contributed by atoms with van der Waals surface area (Å²) in [6.07, 6.45) is 5.11. The monoisotopic (exact) mass is 269 g/mol. The number of nitrogens with zero attached hydrogens (tertiary/aromatic N) is 1. The van der Waals surface area contributed by atoms with Gasteiger partial charge in [0.1, 0.15) is 0 Å². The van der Waals surface area contributed by atoms with Crippen molar-refractivity contribution in [3.63, 3.8) is 0 Å². The minimum absolute atomic E-state index is 0.328. The number of hydrogen-bond donors (Lipinski definition) is 1. The average molecular weight is 269 g/mol. The molecule has 0 radical (unpaired) electrons. The lowest BCUT2D eigenvalue weighted by atomic mass is 9.92. The van der Waals surface area contributed by atoms with Crippen LogP contribution in [-0.2, 0) is 4.74 Å². The molecule has 0 amide bonds. The van der Waals surface area contributed by atoms with E-state index in [4.69, 9.17) is 4.74 Å². The van der Waals surface area contributed by atoms with Crippen LogP contribution in [0, 0.1) is 17.8 Å². The van der Waals surface area contributed by atoms with E-state index in [1.54, 1.807) is 0 Å². The molecule has 0 aromatic carbocycles. The van der Waals surface area contributed by atoms with E-state index in [0.717, 1.165) is 31.5 Å². The molecular weight excluding hydrogens is 238 g/mol. The van der Waals surface area contributed by atoms with Gasteiger partial charge in [0.15, 0.2) is 0 Å². The molecule has 2 fully saturated rings. The molecule has 3 heteroatoms. The SMILES string of the molecule is C[C@@H]1C[C@H](C)CN(C[C@@H](O)CO[C@@H]2CCC[C@@H]2C)C1. The Bertz CT molecular complexity index is 261. The zero-order valence-electron chi connectivity index (χ0n) is 12.8. The smallest absolute Gasteiger partial charge is 0.0900 e. The lowest BCUT2D eigenvalue weighted by Gasteiger charge is -2.36. The molecule has 1 aliphatic heterocycles. The summed E-state index contributed by atoms with van der Waals surface area (Å²) in [4.78, 5) is 2.41. The van der Waals surface area contributed by atoms with Gasteiger partial charge in [-0.3, -0.25) is 0 Å². The topological polar surface area (TPSA) is 32.7 Å². The number of hydrogen-bond acceptors (Lipinski definition) is 3. The highest BCUT2D eigenvalue weighted by Crippen LogP contribution is 2.27. The summed E-state index contributed by atoms with van der Waals surface area (Å²) in [6, 6.07) is 0. The van der Waals surface area contributed by atoms with Gasteiger partial charge >= 0.3 is 0 Å². The fraction of sp³-hybridized carbons (Fsp3) is 1.00. The van der Waals surface area contributed by atoms with Crippen LogP contribution in [0.4, 0.5) is 0 Å². The molecule has 0 unspecified atom stereocenters. The first-order valence-corrected chi connectivity index (χ1v) is 8.06. The molecule has 0 aromatic heterocycles. The Labute approximate surface area is 118 Å². The number of rotatable bonds is 5. The highest BCUT2D eigenvalue weighted by atomic mass is 16.5. The predicted octanol–water partition coefficient (Wildman–Crippen LogP) is 2.53. The molecule has 0 bridgehead atoms. The van der Waals surface area contributed by atoms with Crippen molar-refractivity contribution in [3.05, 3.63) is 0 Å². The number of ether oxygens (including phenoxy) is 1. The summed E-state index contributed by atoms with van der Waals surface area (Å²) in [7, 11) is 0. The summed E-state index contributed by atoms with van der Waals surface area (Å²) in [6.45, 7) is 10.4. The van der Waals surface area contributed by atoms with Crippen molar-refractivity contribution in [3.8, 4) is 0 Å². The molecular formula is C16H31NO2. The van der Waals surface area contributed by atoms with Gasteiger partial charge in [0, 0.05) is 19.6 Å². The molecule has 0 aromatic rings. The number of β-amino-alcohol motifs (C(OH)–C–C–N with tert-alkyl or cyclic N) is 1. The second-order valence-electron chi connectivity index (χ2n) is 7.10. The fourth-order valence-electron chi connectivity index (χ4n) is 3.89. The van der Waals surface area contributed by atoms with Gasteiger partial charge in [-0.1, -0.05) is 27.2 Å². The predicted molar refractivity (Wildman–Crippen MR) is 78.1 cm³/mol. The van der Waals surface area contributed by atoms with E-state index in [-0.39, 0.29) is 6.10 Å². The first-order chi connectivity index (χ1) is 9.04. The van der Waals surface area contributed by atoms with Gasteiger partial charge < -0.3 is 14.7 Å². The summed E-state index contributed by atoms with van der Waals surface area (Å²) in [5.41, 5.74) is 0. The number of aliphatic hydroxyl groups is 1. The van der Waals surface area contributed by atoms with E-state index in [0.29, 0.717) is 18.6 Å². The maximum atomic E-state index is 10.2. The van der Waals surface area contributed by atoms with Crippen LogP contribution in [0.2, 0.25) is 0 Å². The lowest BCUT2D eigenvalue weighted by Crippen LogP contribution is -2.44. The first-order valence-electron chi connectivity index (χ1n) is 8.06. The van der Waals surface area contributed by atoms with Crippen LogP contribution in [0.25, 0.3) is 0 Å². The van der Waals surface area contributed by atoms with Crippen LogP contribution in [0.5, 0.6) is 0 Å². The zero-order chi connectivity index (χ0) is 13.8. The van der Waals surface area contributed by atoms with Crippen LogP contribution in [0.1, 0.15) is 46.5 Å². The molecule has 19 heavy (non-hydrogen) atoms. The molecule has 1 heterocycles. The van der Waals surface area contributed by atoms with Crippen LogP contribution in [0.3, 0.4) is 0 Å². The molecule has 1 saturated carbocycles. The summed E-state index contributed by atoms with van der Waals surface area (Å²) in [5.74, 6) is 2.18. The Kier molecular flexibility index (Phi) is 5.67. The van der Waals surface area contributed by atoms with Crippen molar-refractivity contribution in [2.24, 2.45) is 17.8 Å². The van der Waals surface area contributed by atoms with E-state index in [2.05, 4.69) is 25.7 Å². The van der Waals surface area contributed by atoms with Crippen molar-refractivity contribution in [2.45, 2.75) is 58.7 Å². The molecule has 1 N–H and O–H groups in total. The van der Waals surface area contributed by atoms with Crippen molar-refractivity contribution in [2.75, 3.05) is 26.2 Å². The fourth-order valence-corrected chi connectivity index (χ4v) is 3.89. The maximum absolute atomic E-state index is 10.2. The Morgan fingerprint density at radius 2 is 1.84 bits per heavy atom. The Hall–Kier alpha value is -0.120. The normalized spacial score (nSPS) is 38.5. The largest absolute Gasteiger partial charge is 0.389 e. The van der Waals surface area contributed by atoms with E-state index in [1.165, 1.54) is 25.7 Å². The van der Waals surface area contributed by atoms with E-state index < -0.39 is 0 Å². The number of likely N-dealkylation sites (tertiary alicyclic amines) is 1. The first kappa shape index (κ1) is 15.3. The third kappa shape index (κ3) is 4.73. The average Bonchev–Trinajstić information content (AvgIpc) is 2.71. The van der Waals surface area contributed by atoms with Gasteiger partial charge in [-0.2, -0.15) is 0 Å². The van der Waals surface area contributed by atoms with Gasteiger partial charge in [-0.05, 0) is 37.0 Å². The molecule has 1 saturated heterocycles. The Balaban J connectivity index is 1.67. The highest BCUT2D eigenvalue weighted by Gasteiger charge is 2.26. The Morgan fingerprint density at radius 1 is 1.16 bits per heavy atom. The molecule has 2 aliphatic rings. The van der Waals surface area contributed by atoms with Gasteiger partial charge in [0.25, 0.3) is 0 Å². The third-order valence-corrected chi connectivity index (χ3v) is 4.70. The summed E-state index contributed by atoms with van der Waals surface area (Å²) < 4.78 is 5.90. The number of aliphatic hydroxyl groups excluding tert-OH is 1. The van der Waals surface area contributed by atoms with Gasteiger partial charge in [-0.15, -0.1) is 0 Å². The van der Waals surface area contributed by atoms with Gasteiger partial charge in [0.2, 0.25) is 0 Å². The molecule has 3 nitrogen and oxygen atoms in total. The molecule has 2 rings (SSSR count). The second kappa shape index (κ2) is 7.05. The molecule has 5 atom stereocenters. The van der Waals surface area contributed by atoms with E-state index in [1.807, 2.05) is 0 Å². The second-order valence-corrected chi connectivity index (χ2v) is 7.10. The van der Waals surface area contributed by atoms with Crippen LogP contribution in [0.15, 0.2) is 0 Å². The van der Waals surface area contributed by atoms with Gasteiger partial charge in [0.05, 0.1) is 18.8 Å². The quantitative estimate of drug-likeness (QED) is 0.832. The van der Waals surface area contributed by atoms with Gasteiger partial charge in [-0.25, -0.2) is 0 Å². The van der Waals surface area contributed by atoms with Crippen LogP contribution in [-0.4, -0.2) is 48.5 Å². The minimum atomic E-state index is -0.328. The summed E-state index contributed by atoms with van der Waals surface area (Å²) in [5, 5.41) is 10.2. The van der Waals surface area contributed by atoms with Crippen LogP contribution < -0.4 is 0 Å². The number of piperidine rings is 1. The standard InChI is InChI=1S/C16H31NO2/c1-12-7-13(2)9-17(8-12)10-15(18)11-19-16-6-4-5-14(16)3/h12-16,18H,4-11H2,1-3H3/t12-,13+,14-,15+,16+/m0/s1. The van der Waals surface area contributed by atoms with Crippen molar-refractivity contribution >= 4 is 0 Å². The molecule has 0 spiro atoms. The minimum Gasteiger partial charge on any atom is -0.389 e.